The normalized spacial score (nSPS) is 10.9. The van der Waals surface area contributed by atoms with Crippen molar-refractivity contribution in [1.82, 2.24) is 9.97 Å². The number of pyridine rings is 1. The first-order valence-corrected chi connectivity index (χ1v) is 7.17. The number of hydrogen-bond donors (Lipinski definition) is 1. The van der Waals surface area contributed by atoms with E-state index in [1.807, 2.05) is 37.3 Å². The summed E-state index contributed by atoms with van der Waals surface area (Å²) in [6.45, 7) is 1.78. The second kappa shape index (κ2) is 5.36. The third-order valence-corrected chi connectivity index (χ3v) is 4.14. The van der Waals surface area contributed by atoms with Crippen LogP contribution in [0.15, 0.2) is 30.3 Å². The Balaban J connectivity index is 2.03. The number of benzene rings is 1. The molecule has 3 aromatic rings. The van der Waals surface area contributed by atoms with Gasteiger partial charge in [0.2, 0.25) is 0 Å². The highest BCUT2D eigenvalue weighted by atomic mass is 35.5. The number of thiazole rings is 1. The summed E-state index contributed by atoms with van der Waals surface area (Å²) < 4.78 is 5.76. The molecule has 1 N–H and O–H groups in total. The Labute approximate surface area is 124 Å². The fourth-order valence-electron chi connectivity index (χ4n) is 1.85. The SMILES string of the molecule is Cc1ccc2cccc(Oc3nc(Cl)c(CO)s3)c2n1. The second-order valence-electron chi connectivity index (χ2n) is 4.23. The van der Waals surface area contributed by atoms with Crippen molar-refractivity contribution in [1.29, 1.82) is 0 Å². The molecule has 2 aromatic heterocycles. The summed E-state index contributed by atoms with van der Waals surface area (Å²) in [7, 11) is 0. The average Bonchev–Trinajstić information content (AvgIpc) is 2.79. The van der Waals surface area contributed by atoms with Crippen LogP contribution in [0.25, 0.3) is 10.9 Å². The molecule has 0 amide bonds. The van der Waals surface area contributed by atoms with E-state index < -0.39 is 0 Å². The van der Waals surface area contributed by atoms with Gasteiger partial charge in [0, 0.05) is 11.1 Å². The van der Waals surface area contributed by atoms with Gasteiger partial charge in [0.05, 0.1) is 11.5 Å². The van der Waals surface area contributed by atoms with Crippen LogP contribution in [-0.2, 0) is 6.61 Å². The molecule has 6 heteroatoms. The van der Waals surface area contributed by atoms with E-state index in [0.29, 0.717) is 15.8 Å². The van der Waals surface area contributed by atoms with Gasteiger partial charge in [0.15, 0.2) is 5.75 Å². The lowest BCUT2D eigenvalue weighted by Gasteiger charge is -2.06. The number of para-hydroxylation sites is 1. The topological polar surface area (TPSA) is 55.2 Å². The molecule has 0 aliphatic heterocycles. The highest BCUT2D eigenvalue weighted by molar-refractivity contribution is 7.13. The number of halogens is 1. The van der Waals surface area contributed by atoms with Crippen LogP contribution in [0.1, 0.15) is 10.6 Å². The van der Waals surface area contributed by atoms with Crippen molar-refractivity contribution in [3.63, 3.8) is 0 Å². The molecule has 0 radical (unpaired) electrons. The molecule has 102 valence electrons. The Morgan fingerprint density at radius 3 is 2.85 bits per heavy atom. The van der Waals surface area contributed by atoms with Crippen LogP contribution < -0.4 is 4.74 Å². The van der Waals surface area contributed by atoms with Gasteiger partial charge in [-0.05, 0) is 19.1 Å². The molecule has 0 saturated carbocycles. The molecule has 3 rings (SSSR count). The van der Waals surface area contributed by atoms with E-state index in [2.05, 4.69) is 9.97 Å². The fourth-order valence-corrected chi connectivity index (χ4v) is 2.82. The second-order valence-corrected chi connectivity index (χ2v) is 5.64. The monoisotopic (exact) mass is 306 g/mol. The Kier molecular flexibility index (Phi) is 3.56. The van der Waals surface area contributed by atoms with E-state index in [9.17, 15) is 0 Å². The number of rotatable bonds is 3. The minimum Gasteiger partial charge on any atom is -0.429 e. The van der Waals surface area contributed by atoms with E-state index in [4.69, 9.17) is 21.4 Å². The summed E-state index contributed by atoms with van der Waals surface area (Å²) in [6.07, 6.45) is 0. The minimum atomic E-state index is -0.146. The van der Waals surface area contributed by atoms with Gasteiger partial charge in [-0.2, -0.15) is 4.98 Å². The number of aliphatic hydroxyl groups is 1. The lowest BCUT2D eigenvalue weighted by atomic mass is 10.2. The molecule has 0 aliphatic carbocycles. The number of nitrogens with zero attached hydrogens (tertiary/aromatic N) is 2. The molecule has 1 aromatic carbocycles. The Morgan fingerprint density at radius 1 is 1.25 bits per heavy atom. The van der Waals surface area contributed by atoms with Crippen molar-refractivity contribution < 1.29 is 9.84 Å². The maximum atomic E-state index is 9.12. The maximum absolute atomic E-state index is 9.12. The summed E-state index contributed by atoms with van der Waals surface area (Å²) in [5.41, 5.74) is 1.70. The van der Waals surface area contributed by atoms with Crippen LogP contribution in [0.4, 0.5) is 0 Å². The number of aromatic nitrogens is 2. The van der Waals surface area contributed by atoms with E-state index in [1.165, 1.54) is 11.3 Å². The van der Waals surface area contributed by atoms with E-state index in [1.54, 1.807) is 0 Å². The van der Waals surface area contributed by atoms with Crippen molar-refractivity contribution in [2.75, 3.05) is 0 Å². The van der Waals surface area contributed by atoms with Crippen molar-refractivity contribution in [2.24, 2.45) is 0 Å². The Bertz CT molecular complexity index is 773. The highest BCUT2D eigenvalue weighted by Crippen LogP contribution is 2.34. The number of fused-ring (bicyclic) bond motifs is 1. The Morgan fingerprint density at radius 2 is 2.10 bits per heavy atom. The van der Waals surface area contributed by atoms with Crippen LogP contribution in [0.5, 0.6) is 10.9 Å². The zero-order valence-electron chi connectivity index (χ0n) is 10.6. The van der Waals surface area contributed by atoms with Gasteiger partial charge in [-0.15, -0.1) is 0 Å². The van der Waals surface area contributed by atoms with Crippen LogP contribution in [-0.4, -0.2) is 15.1 Å². The van der Waals surface area contributed by atoms with Gasteiger partial charge in [-0.3, -0.25) is 0 Å². The molecule has 0 aliphatic rings. The van der Waals surface area contributed by atoms with Gasteiger partial charge >= 0.3 is 0 Å². The lowest BCUT2D eigenvalue weighted by molar-refractivity contribution is 0.285. The summed E-state index contributed by atoms with van der Waals surface area (Å²) >= 11 is 7.12. The van der Waals surface area contributed by atoms with Crippen molar-refractivity contribution in [2.45, 2.75) is 13.5 Å². The largest absolute Gasteiger partial charge is 0.429 e. The van der Waals surface area contributed by atoms with Crippen molar-refractivity contribution >= 4 is 33.8 Å². The maximum Gasteiger partial charge on any atom is 0.280 e. The fraction of sp³-hybridized carbons (Fsp3) is 0.143. The molecular formula is C14H11ClN2O2S. The molecule has 0 spiro atoms. The molecule has 0 fully saturated rings. The predicted octanol–water partition coefficient (Wildman–Crippen LogP) is 3.94. The highest BCUT2D eigenvalue weighted by Gasteiger charge is 2.12. The Hall–Kier alpha value is -1.69. The number of hydrogen-bond acceptors (Lipinski definition) is 5. The van der Waals surface area contributed by atoms with Crippen molar-refractivity contribution in [3.05, 3.63) is 46.1 Å². The van der Waals surface area contributed by atoms with E-state index in [-0.39, 0.29) is 11.8 Å². The van der Waals surface area contributed by atoms with Crippen molar-refractivity contribution in [3.8, 4) is 10.9 Å². The first kappa shape index (κ1) is 13.3. The first-order valence-electron chi connectivity index (χ1n) is 5.97. The summed E-state index contributed by atoms with van der Waals surface area (Å²) in [5.74, 6) is 0.626. The average molecular weight is 307 g/mol. The summed E-state index contributed by atoms with van der Waals surface area (Å²) in [4.78, 5) is 9.16. The molecule has 4 nitrogen and oxygen atoms in total. The number of aryl methyl sites for hydroxylation is 1. The smallest absolute Gasteiger partial charge is 0.280 e. The zero-order chi connectivity index (χ0) is 14.1. The third-order valence-electron chi connectivity index (χ3n) is 2.79. The first-order chi connectivity index (χ1) is 9.67. The predicted molar refractivity (Wildman–Crippen MR) is 79.6 cm³/mol. The number of aliphatic hydroxyl groups excluding tert-OH is 1. The summed E-state index contributed by atoms with van der Waals surface area (Å²) in [5, 5.41) is 10.8. The lowest BCUT2D eigenvalue weighted by Crippen LogP contribution is -1.89. The van der Waals surface area contributed by atoms with E-state index >= 15 is 0 Å². The molecular weight excluding hydrogens is 296 g/mol. The standard InChI is InChI=1S/C14H11ClN2O2S/c1-8-5-6-9-3-2-4-10(12(9)16-8)19-14-17-13(15)11(7-18)20-14/h2-6,18H,7H2,1H3. The summed E-state index contributed by atoms with van der Waals surface area (Å²) in [6, 6.07) is 9.66. The molecule has 2 heterocycles. The zero-order valence-corrected chi connectivity index (χ0v) is 12.2. The third kappa shape index (κ3) is 2.47. The van der Waals surface area contributed by atoms with Gasteiger partial charge < -0.3 is 9.84 Å². The minimum absolute atomic E-state index is 0.146. The van der Waals surface area contributed by atoms with E-state index in [0.717, 1.165) is 16.6 Å². The molecule has 0 saturated heterocycles. The van der Waals surface area contributed by atoms with Gasteiger partial charge in [-0.25, -0.2) is 4.98 Å². The number of ether oxygens (including phenoxy) is 1. The molecule has 20 heavy (non-hydrogen) atoms. The molecule has 0 bridgehead atoms. The van der Waals surface area contributed by atoms with Gasteiger partial charge in [-0.1, -0.05) is 41.1 Å². The molecule has 0 atom stereocenters. The van der Waals surface area contributed by atoms with Crippen LogP contribution >= 0.6 is 22.9 Å². The van der Waals surface area contributed by atoms with Gasteiger partial charge in [0.25, 0.3) is 5.19 Å². The van der Waals surface area contributed by atoms with Gasteiger partial charge in [0.1, 0.15) is 10.7 Å². The van der Waals surface area contributed by atoms with Crippen LogP contribution in [0.2, 0.25) is 5.15 Å². The van der Waals surface area contributed by atoms with Crippen LogP contribution in [0, 0.1) is 6.92 Å². The molecule has 0 unspecified atom stereocenters. The van der Waals surface area contributed by atoms with Crippen LogP contribution in [0.3, 0.4) is 0 Å². The quantitative estimate of drug-likeness (QED) is 0.796.